The van der Waals surface area contributed by atoms with Crippen LogP contribution in [-0.4, -0.2) is 26.7 Å². The highest BCUT2D eigenvalue weighted by Crippen LogP contribution is 2.36. The van der Waals surface area contributed by atoms with Crippen LogP contribution in [0.15, 0.2) is 63.8 Å². The van der Waals surface area contributed by atoms with Crippen molar-refractivity contribution in [3.05, 3.63) is 73.9 Å². The summed E-state index contributed by atoms with van der Waals surface area (Å²) < 4.78 is 1.53. The van der Waals surface area contributed by atoms with Gasteiger partial charge in [-0.2, -0.15) is 0 Å². The number of aromatic nitrogens is 2. The Balaban J connectivity index is 0.000000189. The number of nitro benzene ring substituents is 1. The minimum absolute atomic E-state index is 0.0933. The summed E-state index contributed by atoms with van der Waals surface area (Å²) in [6.45, 7) is 2.78. The highest BCUT2D eigenvalue weighted by atomic mass is 79.9. The topological polar surface area (TPSA) is 127 Å². The zero-order valence-corrected chi connectivity index (χ0v) is 20.6. The Bertz CT molecular complexity index is 1390. The molecule has 0 radical (unpaired) electrons. The smallest absolute Gasteiger partial charge is 0.296 e. The molecular weight excluding hydrogens is 558 g/mol. The summed E-state index contributed by atoms with van der Waals surface area (Å²) in [4.78, 5) is 40.9. The molecule has 0 unspecified atom stereocenters. The molecule has 0 saturated heterocycles. The lowest BCUT2D eigenvalue weighted by Crippen LogP contribution is -2.09. The Kier molecular flexibility index (Phi) is 7.67. The summed E-state index contributed by atoms with van der Waals surface area (Å²) in [6.07, 6.45) is 3.23. The molecule has 4 rings (SSSR count). The van der Waals surface area contributed by atoms with Crippen LogP contribution in [0.3, 0.4) is 0 Å². The van der Waals surface area contributed by atoms with Gasteiger partial charge in [0.2, 0.25) is 11.8 Å². The van der Waals surface area contributed by atoms with Crippen LogP contribution in [0.25, 0.3) is 21.8 Å². The van der Waals surface area contributed by atoms with Crippen LogP contribution in [0.5, 0.6) is 0 Å². The summed E-state index contributed by atoms with van der Waals surface area (Å²) in [5.74, 6) is -0.475. The molecule has 0 aliphatic heterocycles. The first-order chi connectivity index (χ1) is 15.7. The first-order valence-corrected chi connectivity index (χ1v) is 11.1. The summed E-state index contributed by atoms with van der Waals surface area (Å²) in [5.41, 5.74) is 1.84. The predicted molar refractivity (Wildman–Crippen MR) is 134 cm³/mol. The third kappa shape index (κ3) is 5.68. The minimum atomic E-state index is -0.551. The first kappa shape index (κ1) is 24.2. The maximum absolute atomic E-state index is 11.1. The SMILES string of the molecule is CC(=O)Nc1c([N+](=O)[O-])cc(Br)c2cccnc12.CC(=O)Nc1ccc(Br)c2cccnc12. The van der Waals surface area contributed by atoms with Crippen LogP contribution in [0.1, 0.15) is 13.8 Å². The monoisotopic (exact) mass is 573 g/mol. The van der Waals surface area contributed by atoms with Crippen LogP contribution in [0, 0.1) is 10.1 Å². The van der Waals surface area contributed by atoms with E-state index in [0.717, 1.165) is 21.1 Å². The van der Waals surface area contributed by atoms with Gasteiger partial charge in [0.1, 0.15) is 11.2 Å². The van der Waals surface area contributed by atoms with Gasteiger partial charge in [0, 0.05) is 52.0 Å². The highest BCUT2D eigenvalue weighted by molar-refractivity contribution is 9.11. The second-order valence-corrected chi connectivity index (χ2v) is 8.47. The number of carbonyl (C=O) groups excluding carboxylic acids is 2. The van der Waals surface area contributed by atoms with E-state index in [0.29, 0.717) is 15.4 Å². The van der Waals surface area contributed by atoms with Crippen LogP contribution < -0.4 is 10.6 Å². The zero-order valence-electron chi connectivity index (χ0n) is 17.4. The van der Waals surface area contributed by atoms with E-state index in [1.54, 1.807) is 18.3 Å². The number of halogens is 2. The Morgan fingerprint density at radius 2 is 1.45 bits per heavy atom. The summed E-state index contributed by atoms with van der Waals surface area (Å²) >= 11 is 6.70. The van der Waals surface area contributed by atoms with Crippen molar-refractivity contribution < 1.29 is 14.5 Å². The van der Waals surface area contributed by atoms with Crippen LogP contribution in [0.4, 0.5) is 17.1 Å². The van der Waals surface area contributed by atoms with Crippen molar-refractivity contribution in [3.63, 3.8) is 0 Å². The van der Waals surface area contributed by atoms with Gasteiger partial charge in [0.05, 0.1) is 16.1 Å². The number of pyridine rings is 2. The molecule has 33 heavy (non-hydrogen) atoms. The Labute approximate surface area is 205 Å². The standard InChI is InChI=1S/C11H8BrN3O3.C11H9BrN2O/c1-6(16)14-11-9(15(17)18)5-8(12)7-3-2-4-13-10(7)11;1-7(15)14-10-5-4-9(12)8-3-2-6-13-11(8)10/h2-5H,1H3,(H,14,16);2-6H,1H3,(H,14,15). The van der Waals surface area contributed by atoms with Crippen molar-refractivity contribution in [2.45, 2.75) is 13.8 Å². The van der Waals surface area contributed by atoms with E-state index >= 15 is 0 Å². The highest BCUT2D eigenvalue weighted by Gasteiger charge is 2.21. The van der Waals surface area contributed by atoms with E-state index in [4.69, 9.17) is 0 Å². The van der Waals surface area contributed by atoms with E-state index in [2.05, 4.69) is 52.5 Å². The molecule has 0 aliphatic carbocycles. The largest absolute Gasteiger partial charge is 0.324 e. The molecule has 0 aliphatic rings. The zero-order chi connectivity index (χ0) is 24.1. The molecule has 2 aromatic carbocycles. The van der Waals surface area contributed by atoms with Gasteiger partial charge in [-0.1, -0.05) is 28.1 Å². The van der Waals surface area contributed by atoms with Crippen molar-refractivity contribution in [1.29, 1.82) is 0 Å². The third-order valence-corrected chi connectivity index (χ3v) is 5.69. The molecule has 0 spiro atoms. The number of hydrogen-bond acceptors (Lipinski definition) is 6. The molecule has 2 amide bonds. The average molecular weight is 575 g/mol. The lowest BCUT2D eigenvalue weighted by Gasteiger charge is -2.08. The number of fused-ring (bicyclic) bond motifs is 2. The van der Waals surface area contributed by atoms with Crippen molar-refractivity contribution in [2.75, 3.05) is 10.6 Å². The summed E-state index contributed by atoms with van der Waals surface area (Å²) in [5, 5.41) is 17.9. The quantitative estimate of drug-likeness (QED) is 0.234. The van der Waals surface area contributed by atoms with Crippen LogP contribution in [0.2, 0.25) is 0 Å². The molecule has 2 aromatic heterocycles. The second-order valence-electron chi connectivity index (χ2n) is 6.77. The van der Waals surface area contributed by atoms with Gasteiger partial charge in [-0.05, 0) is 40.2 Å². The lowest BCUT2D eigenvalue weighted by molar-refractivity contribution is -0.383. The number of nitro groups is 1. The number of rotatable bonds is 3. The van der Waals surface area contributed by atoms with Crippen molar-refractivity contribution in [2.24, 2.45) is 0 Å². The minimum Gasteiger partial charge on any atom is -0.324 e. The fourth-order valence-electron chi connectivity index (χ4n) is 3.06. The van der Waals surface area contributed by atoms with Gasteiger partial charge < -0.3 is 10.6 Å². The number of anilines is 2. The molecule has 0 saturated carbocycles. The van der Waals surface area contributed by atoms with E-state index in [1.807, 2.05) is 24.3 Å². The lowest BCUT2D eigenvalue weighted by atomic mass is 10.1. The van der Waals surface area contributed by atoms with Crippen molar-refractivity contribution >= 4 is 82.5 Å². The van der Waals surface area contributed by atoms with E-state index in [1.165, 1.54) is 26.1 Å². The van der Waals surface area contributed by atoms with E-state index in [-0.39, 0.29) is 23.2 Å². The Hall–Kier alpha value is -3.44. The van der Waals surface area contributed by atoms with Gasteiger partial charge in [0.15, 0.2) is 0 Å². The number of benzene rings is 2. The average Bonchev–Trinajstić information content (AvgIpc) is 2.77. The third-order valence-electron chi connectivity index (χ3n) is 4.35. The summed E-state index contributed by atoms with van der Waals surface area (Å²) in [6, 6.07) is 12.4. The van der Waals surface area contributed by atoms with E-state index in [9.17, 15) is 19.7 Å². The van der Waals surface area contributed by atoms with Crippen LogP contribution in [-0.2, 0) is 9.59 Å². The van der Waals surface area contributed by atoms with E-state index < -0.39 is 4.92 Å². The van der Waals surface area contributed by atoms with Gasteiger partial charge >= 0.3 is 0 Å². The summed E-state index contributed by atoms with van der Waals surface area (Å²) in [7, 11) is 0. The van der Waals surface area contributed by atoms with Crippen LogP contribution >= 0.6 is 31.9 Å². The molecule has 2 heterocycles. The Morgan fingerprint density at radius 1 is 0.879 bits per heavy atom. The van der Waals surface area contributed by atoms with Gasteiger partial charge in [-0.3, -0.25) is 29.7 Å². The predicted octanol–water partition coefficient (Wildman–Crippen LogP) is 5.82. The van der Waals surface area contributed by atoms with Gasteiger partial charge in [-0.15, -0.1) is 0 Å². The maximum Gasteiger partial charge on any atom is 0.296 e. The fourth-order valence-corrected chi connectivity index (χ4v) is 4.05. The molecule has 0 atom stereocenters. The molecule has 0 bridgehead atoms. The number of amides is 2. The first-order valence-electron chi connectivity index (χ1n) is 9.49. The number of hydrogen-bond donors (Lipinski definition) is 2. The van der Waals surface area contributed by atoms with Crippen molar-refractivity contribution in [1.82, 2.24) is 9.97 Å². The molecule has 11 heteroatoms. The molecule has 9 nitrogen and oxygen atoms in total. The van der Waals surface area contributed by atoms with Gasteiger partial charge in [-0.25, -0.2) is 0 Å². The number of nitrogens with one attached hydrogen (secondary N) is 2. The van der Waals surface area contributed by atoms with Gasteiger partial charge in [0.25, 0.3) is 5.69 Å². The molecule has 0 fully saturated rings. The number of carbonyl (C=O) groups is 2. The van der Waals surface area contributed by atoms with Crippen molar-refractivity contribution in [3.8, 4) is 0 Å². The molecule has 2 N–H and O–H groups in total. The molecular formula is C22H17Br2N5O4. The maximum atomic E-state index is 11.1. The normalized spacial score (nSPS) is 10.3. The number of nitrogens with zero attached hydrogens (tertiary/aromatic N) is 3. The Morgan fingerprint density at radius 3 is 2.03 bits per heavy atom. The molecule has 4 aromatic rings. The molecule has 168 valence electrons. The fraction of sp³-hybridized carbons (Fsp3) is 0.0909. The second kappa shape index (κ2) is 10.5.